The number of hydrogen-bond donors (Lipinski definition) is 1. The number of amides is 1. The topological polar surface area (TPSA) is 83.5 Å². The molecule has 0 radical (unpaired) electrons. The molecule has 114 valence electrons. The van der Waals surface area contributed by atoms with Gasteiger partial charge in [0, 0.05) is 47.6 Å². The van der Waals surface area contributed by atoms with Crippen molar-refractivity contribution >= 4 is 37.9 Å². The van der Waals surface area contributed by atoms with Crippen LogP contribution in [0.25, 0.3) is 0 Å². The summed E-state index contributed by atoms with van der Waals surface area (Å²) >= 11 is 0. The number of nitrogens with one attached hydrogen (secondary N) is 1. The van der Waals surface area contributed by atoms with E-state index < -0.39 is 20.6 Å². The molecule has 6 nitrogen and oxygen atoms in total. The second kappa shape index (κ2) is 5.10. The maximum absolute atomic E-state index is 12.1. The Hall–Kier alpha value is -1.41. The van der Waals surface area contributed by atoms with Gasteiger partial charge < -0.3 is 10.2 Å². The molecule has 3 rings (SSSR count). The van der Waals surface area contributed by atoms with E-state index in [9.17, 15) is 17.4 Å². The average molecular weight is 328 g/mol. The first-order valence-corrected chi connectivity index (χ1v) is 9.99. The lowest BCUT2D eigenvalue weighted by atomic mass is 10.1. The standard InChI is InChI=1S/C13H16N2O4S2/c1-21(18,19)11-4-2-3-10-13(11)14-12(16)7-9-8-20(17)6-5-15(9)10/h2-4,9H,5-8H2,1H3,(H,14,16). The van der Waals surface area contributed by atoms with Crippen LogP contribution in [-0.2, 0) is 25.4 Å². The summed E-state index contributed by atoms with van der Waals surface area (Å²) in [6.07, 6.45) is 1.35. The highest BCUT2D eigenvalue weighted by molar-refractivity contribution is 7.90. The van der Waals surface area contributed by atoms with Crippen molar-refractivity contribution in [2.45, 2.75) is 17.4 Å². The largest absolute Gasteiger partial charge is 0.364 e. The van der Waals surface area contributed by atoms with Crippen molar-refractivity contribution in [3.63, 3.8) is 0 Å². The fraction of sp³-hybridized carbons (Fsp3) is 0.462. The molecule has 1 amide bonds. The van der Waals surface area contributed by atoms with Gasteiger partial charge in [0.25, 0.3) is 0 Å². The first kappa shape index (κ1) is 14.5. The molecule has 0 bridgehead atoms. The Labute approximate surface area is 125 Å². The minimum absolute atomic E-state index is 0.126. The number of anilines is 2. The fourth-order valence-corrected chi connectivity index (χ4v) is 5.00. The highest BCUT2D eigenvalue weighted by Crippen LogP contribution is 2.37. The van der Waals surface area contributed by atoms with E-state index in [1.54, 1.807) is 12.1 Å². The van der Waals surface area contributed by atoms with Crippen molar-refractivity contribution in [2.24, 2.45) is 0 Å². The smallest absolute Gasteiger partial charge is 0.226 e. The molecule has 2 aliphatic rings. The van der Waals surface area contributed by atoms with E-state index in [1.165, 1.54) is 6.07 Å². The van der Waals surface area contributed by atoms with Crippen molar-refractivity contribution in [1.29, 1.82) is 0 Å². The molecular formula is C13H16N2O4S2. The van der Waals surface area contributed by atoms with Crippen LogP contribution in [0.5, 0.6) is 0 Å². The molecular weight excluding hydrogens is 312 g/mol. The molecule has 1 aromatic rings. The predicted molar refractivity (Wildman–Crippen MR) is 81.8 cm³/mol. The van der Waals surface area contributed by atoms with Crippen LogP contribution in [0, 0.1) is 0 Å². The third kappa shape index (κ3) is 2.69. The third-order valence-electron chi connectivity index (χ3n) is 3.78. The van der Waals surface area contributed by atoms with Crippen molar-refractivity contribution in [1.82, 2.24) is 0 Å². The summed E-state index contributed by atoms with van der Waals surface area (Å²) in [5.74, 6) is 0.738. The van der Waals surface area contributed by atoms with Crippen LogP contribution < -0.4 is 10.2 Å². The number of rotatable bonds is 1. The van der Waals surface area contributed by atoms with E-state index in [0.29, 0.717) is 29.4 Å². The molecule has 2 unspecified atom stereocenters. The van der Waals surface area contributed by atoms with E-state index in [0.717, 1.165) is 6.26 Å². The zero-order valence-electron chi connectivity index (χ0n) is 11.5. The van der Waals surface area contributed by atoms with Gasteiger partial charge in [-0.1, -0.05) is 6.07 Å². The van der Waals surface area contributed by atoms with E-state index in [2.05, 4.69) is 5.32 Å². The van der Waals surface area contributed by atoms with Crippen molar-refractivity contribution in [3.8, 4) is 0 Å². The number of benzene rings is 1. The molecule has 0 aliphatic carbocycles. The summed E-state index contributed by atoms with van der Waals surface area (Å²) in [5, 5.41) is 2.71. The van der Waals surface area contributed by atoms with Gasteiger partial charge in [0.2, 0.25) is 5.91 Å². The number of nitrogens with zero attached hydrogens (tertiary/aromatic N) is 1. The maximum Gasteiger partial charge on any atom is 0.226 e. The van der Waals surface area contributed by atoms with Crippen molar-refractivity contribution < 1.29 is 17.4 Å². The zero-order chi connectivity index (χ0) is 15.2. The van der Waals surface area contributed by atoms with Gasteiger partial charge in [-0.05, 0) is 12.1 Å². The molecule has 0 saturated carbocycles. The first-order chi connectivity index (χ1) is 9.86. The highest BCUT2D eigenvalue weighted by Gasteiger charge is 2.34. The lowest BCUT2D eigenvalue weighted by Gasteiger charge is -2.35. The third-order valence-corrected chi connectivity index (χ3v) is 6.31. The Morgan fingerprint density at radius 1 is 1.38 bits per heavy atom. The second-order valence-electron chi connectivity index (χ2n) is 5.33. The molecule has 0 spiro atoms. The van der Waals surface area contributed by atoms with Gasteiger partial charge in [-0.2, -0.15) is 0 Å². The van der Waals surface area contributed by atoms with Crippen LogP contribution in [0.4, 0.5) is 11.4 Å². The van der Waals surface area contributed by atoms with Crippen LogP contribution in [-0.4, -0.2) is 48.9 Å². The Morgan fingerprint density at radius 3 is 2.86 bits per heavy atom. The Balaban J connectivity index is 2.16. The number of carbonyl (C=O) groups excluding carboxylic acids is 1. The molecule has 1 fully saturated rings. The number of para-hydroxylation sites is 1. The van der Waals surface area contributed by atoms with Gasteiger partial charge in [-0.15, -0.1) is 0 Å². The normalized spacial score (nSPS) is 25.6. The van der Waals surface area contributed by atoms with Gasteiger partial charge in [0.05, 0.1) is 16.3 Å². The fourth-order valence-electron chi connectivity index (χ4n) is 2.85. The van der Waals surface area contributed by atoms with Crippen LogP contribution in [0.2, 0.25) is 0 Å². The van der Waals surface area contributed by atoms with Crippen molar-refractivity contribution in [2.75, 3.05) is 34.5 Å². The molecule has 1 saturated heterocycles. The summed E-state index contributed by atoms with van der Waals surface area (Å²) in [7, 11) is -4.35. The minimum atomic E-state index is -3.43. The lowest BCUT2D eigenvalue weighted by Crippen LogP contribution is -2.47. The number of hydrogen-bond acceptors (Lipinski definition) is 5. The van der Waals surface area contributed by atoms with Gasteiger partial charge in [-0.25, -0.2) is 8.42 Å². The van der Waals surface area contributed by atoms with E-state index in [-0.39, 0.29) is 23.3 Å². The Morgan fingerprint density at radius 2 is 2.14 bits per heavy atom. The van der Waals surface area contributed by atoms with E-state index in [4.69, 9.17) is 0 Å². The molecule has 2 atom stereocenters. The highest BCUT2D eigenvalue weighted by atomic mass is 32.2. The minimum Gasteiger partial charge on any atom is -0.364 e. The number of carbonyl (C=O) groups is 1. The molecule has 1 aromatic carbocycles. The molecule has 0 aromatic heterocycles. The second-order valence-corrected chi connectivity index (χ2v) is 8.94. The molecule has 2 aliphatic heterocycles. The summed E-state index contributed by atoms with van der Waals surface area (Å²) in [4.78, 5) is 14.2. The van der Waals surface area contributed by atoms with Crippen LogP contribution >= 0.6 is 0 Å². The maximum atomic E-state index is 12.1. The van der Waals surface area contributed by atoms with Gasteiger partial charge >= 0.3 is 0 Å². The summed E-state index contributed by atoms with van der Waals surface area (Å²) in [6.45, 7) is 0.562. The molecule has 8 heteroatoms. The average Bonchev–Trinajstić information content (AvgIpc) is 2.51. The summed E-state index contributed by atoms with van der Waals surface area (Å²) < 4.78 is 35.6. The summed E-state index contributed by atoms with van der Waals surface area (Å²) in [6, 6.07) is 4.83. The monoisotopic (exact) mass is 328 g/mol. The van der Waals surface area contributed by atoms with E-state index >= 15 is 0 Å². The molecule has 21 heavy (non-hydrogen) atoms. The Bertz CT molecular complexity index is 730. The summed E-state index contributed by atoms with van der Waals surface area (Å²) in [5.41, 5.74) is 1.05. The zero-order valence-corrected chi connectivity index (χ0v) is 13.2. The van der Waals surface area contributed by atoms with Gasteiger partial charge in [-0.3, -0.25) is 9.00 Å². The number of sulfone groups is 1. The lowest BCUT2D eigenvalue weighted by molar-refractivity contribution is -0.116. The van der Waals surface area contributed by atoms with Crippen LogP contribution in [0.1, 0.15) is 6.42 Å². The van der Waals surface area contributed by atoms with Crippen LogP contribution in [0.15, 0.2) is 23.1 Å². The molecule has 1 N–H and O–H groups in total. The molecule has 2 heterocycles. The Kier molecular flexibility index (Phi) is 3.53. The van der Waals surface area contributed by atoms with E-state index in [1.807, 2.05) is 4.90 Å². The van der Waals surface area contributed by atoms with Crippen LogP contribution in [0.3, 0.4) is 0 Å². The SMILES string of the molecule is CS(=O)(=O)c1cccc2c1NC(=O)CC1CS(=O)CCN21. The van der Waals surface area contributed by atoms with Gasteiger partial charge in [0.1, 0.15) is 0 Å². The predicted octanol–water partition coefficient (Wildman–Crippen LogP) is 0.370. The quantitative estimate of drug-likeness (QED) is 0.805. The number of fused-ring (bicyclic) bond motifs is 3. The first-order valence-electron chi connectivity index (χ1n) is 6.61. The van der Waals surface area contributed by atoms with Gasteiger partial charge in [0.15, 0.2) is 9.84 Å². The van der Waals surface area contributed by atoms with Crippen molar-refractivity contribution in [3.05, 3.63) is 18.2 Å².